The molecule has 1 atom stereocenters. The average Bonchev–Trinajstić information content (AvgIpc) is 2.76. The predicted molar refractivity (Wildman–Crippen MR) is 69.0 cm³/mol. The summed E-state index contributed by atoms with van der Waals surface area (Å²) >= 11 is 0. The van der Waals surface area contributed by atoms with E-state index in [-0.39, 0.29) is 18.5 Å². The van der Waals surface area contributed by atoms with Crippen LogP contribution in [0, 0.1) is 0 Å². The number of ether oxygens (including phenoxy) is 1. The van der Waals surface area contributed by atoms with Crippen molar-refractivity contribution in [1.82, 2.24) is 10.2 Å². The van der Waals surface area contributed by atoms with Crippen LogP contribution >= 0.6 is 0 Å². The number of carbonyl (C=O) groups is 2. The van der Waals surface area contributed by atoms with Crippen LogP contribution in [-0.2, 0) is 9.53 Å². The second-order valence-corrected chi connectivity index (χ2v) is 5.61. The molecular formula is C13H22N2O4. The van der Waals surface area contributed by atoms with Crippen LogP contribution < -0.4 is 5.32 Å². The Balaban J connectivity index is 2.00. The Morgan fingerprint density at radius 2 is 2.11 bits per heavy atom. The molecule has 0 bridgehead atoms. The number of nitrogens with zero attached hydrogens (tertiary/aromatic N) is 1. The fraction of sp³-hybridized carbons (Fsp3) is 0.846. The first-order valence-corrected chi connectivity index (χ1v) is 6.91. The van der Waals surface area contributed by atoms with Crippen LogP contribution in [0.15, 0.2) is 0 Å². The van der Waals surface area contributed by atoms with Crippen molar-refractivity contribution in [2.45, 2.75) is 50.6 Å². The lowest BCUT2D eigenvalue weighted by Crippen LogP contribution is -2.57. The highest BCUT2D eigenvalue weighted by molar-refractivity contribution is 5.77. The lowest BCUT2D eigenvalue weighted by Gasteiger charge is -2.37. The molecule has 0 spiro atoms. The van der Waals surface area contributed by atoms with E-state index >= 15 is 0 Å². The number of nitrogens with one attached hydrogen (secondary N) is 1. The number of carbonyl (C=O) groups excluding carboxylic acids is 1. The monoisotopic (exact) mass is 270 g/mol. The number of hydrogen-bond donors (Lipinski definition) is 2. The Morgan fingerprint density at radius 1 is 1.42 bits per heavy atom. The van der Waals surface area contributed by atoms with E-state index in [1.807, 2.05) is 6.92 Å². The minimum atomic E-state index is -0.850. The van der Waals surface area contributed by atoms with Gasteiger partial charge in [-0.2, -0.15) is 0 Å². The van der Waals surface area contributed by atoms with Gasteiger partial charge in [0.1, 0.15) is 0 Å². The molecule has 0 radical (unpaired) electrons. The number of carboxylic acid groups (broad SMARTS) is 1. The fourth-order valence-corrected chi connectivity index (χ4v) is 3.01. The maximum Gasteiger partial charge on any atom is 0.318 e. The van der Waals surface area contributed by atoms with E-state index in [4.69, 9.17) is 9.84 Å². The normalized spacial score (nSPS) is 26.2. The summed E-state index contributed by atoms with van der Waals surface area (Å²) in [4.78, 5) is 25.1. The molecule has 2 amide bonds. The molecule has 1 aliphatic carbocycles. The minimum absolute atomic E-state index is 0.0114. The van der Waals surface area contributed by atoms with E-state index in [0.29, 0.717) is 19.8 Å². The van der Waals surface area contributed by atoms with Crippen LogP contribution in [0.4, 0.5) is 4.79 Å². The van der Waals surface area contributed by atoms with Crippen molar-refractivity contribution in [3.05, 3.63) is 0 Å². The van der Waals surface area contributed by atoms with Crippen molar-refractivity contribution in [2.75, 3.05) is 19.8 Å². The molecule has 0 aromatic rings. The van der Waals surface area contributed by atoms with Gasteiger partial charge >= 0.3 is 12.0 Å². The van der Waals surface area contributed by atoms with Crippen molar-refractivity contribution >= 4 is 12.0 Å². The Labute approximate surface area is 113 Å². The maximum absolute atomic E-state index is 12.3. The molecule has 1 unspecified atom stereocenters. The van der Waals surface area contributed by atoms with Gasteiger partial charge in [0.05, 0.1) is 31.2 Å². The quantitative estimate of drug-likeness (QED) is 0.807. The van der Waals surface area contributed by atoms with Gasteiger partial charge in [-0.3, -0.25) is 4.79 Å². The third-order valence-electron chi connectivity index (χ3n) is 4.05. The van der Waals surface area contributed by atoms with Gasteiger partial charge in [0.15, 0.2) is 0 Å². The lowest BCUT2D eigenvalue weighted by molar-refractivity contribution is -0.138. The zero-order valence-corrected chi connectivity index (χ0v) is 11.4. The average molecular weight is 270 g/mol. The largest absolute Gasteiger partial charge is 0.481 e. The van der Waals surface area contributed by atoms with Crippen LogP contribution in [0.25, 0.3) is 0 Å². The van der Waals surface area contributed by atoms with Crippen LogP contribution in [-0.4, -0.2) is 53.3 Å². The van der Waals surface area contributed by atoms with Crippen molar-refractivity contribution in [3.63, 3.8) is 0 Å². The van der Waals surface area contributed by atoms with Gasteiger partial charge in [-0.05, 0) is 19.8 Å². The molecule has 1 saturated carbocycles. The Bertz CT molecular complexity index is 353. The van der Waals surface area contributed by atoms with Crippen molar-refractivity contribution in [2.24, 2.45) is 0 Å². The molecule has 2 N–H and O–H groups in total. The summed E-state index contributed by atoms with van der Waals surface area (Å²) in [6.45, 7) is 3.59. The number of morpholine rings is 1. The van der Waals surface area contributed by atoms with Gasteiger partial charge in [0.2, 0.25) is 0 Å². The molecule has 1 saturated heterocycles. The number of hydrogen-bond acceptors (Lipinski definition) is 3. The predicted octanol–water partition coefficient (Wildman–Crippen LogP) is 1.20. The van der Waals surface area contributed by atoms with Crippen molar-refractivity contribution in [3.8, 4) is 0 Å². The van der Waals surface area contributed by atoms with Gasteiger partial charge in [0.25, 0.3) is 0 Å². The maximum atomic E-state index is 12.3. The Morgan fingerprint density at radius 3 is 2.68 bits per heavy atom. The highest BCUT2D eigenvalue weighted by Crippen LogP contribution is 2.33. The topological polar surface area (TPSA) is 78.9 Å². The molecule has 108 valence electrons. The second kappa shape index (κ2) is 5.77. The first-order valence-electron chi connectivity index (χ1n) is 6.91. The molecule has 2 fully saturated rings. The standard InChI is InChI=1S/C13H22N2O4/c1-10-9-19-7-6-15(10)12(18)14-13(8-11(16)17)4-2-3-5-13/h10H,2-9H2,1H3,(H,14,18)(H,16,17). The minimum Gasteiger partial charge on any atom is -0.481 e. The van der Waals surface area contributed by atoms with Gasteiger partial charge in [0, 0.05) is 6.54 Å². The summed E-state index contributed by atoms with van der Waals surface area (Å²) < 4.78 is 5.31. The van der Waals surface area contributed by atoms with Gasteiger partial charge < -0.3 is 20.1 Å². The summed E-state index contributed by atoms with van der Waals surface area (Å²) in [5.41, 5.74) is -0.555. The summed E-state index contributed by atoms with van der Waals surface area (Å²) in [6.07, 6.45) is 3.48. The first-order chi connectivity index (χ1) is 9.02. The van der Waals surface area contributed by atoms with Gasteiger partial charge in [-0.1, -0.05) is 12.8 Å². The molecule has 19 heavy (non-hydrogen) atoms. The molecule has 6 heteroatoms. The summed E-state index contributed by atoms with van der Waals surface area (Å²) in [5.74, 6) is -0.850. The van der Waals surface area contributed by atoms with E-state index in [1.165, 1.54) is 0 Å². The first kappa shape index (κ1) is 14.1. The zero-order chi connectivity index (χ0) is 13.9. The van der Waals surface area contributed by atoms with Gasteiger partial charge in [-0.25, -0.2) is 4.79 Å². The SMILES string of the molecule is CC1COCCN1C(=O)NC1(CC(=O)O)CCCC1. The number of amides is 2. The third kappa shape index (κ3) is 3.37. The number of urea groups is 1. The summed E-state index contributed by atoms with van der Waals surface area (Å²) in [5, 5.41) is 12.0. The van der Waals surface area contributed by atoms with Crippen LogP contribution in [0.2, 0.25) is 0 Å². The second-order valence-electron chi connectivity index (χ2n) is 5.61. The van der Waals surface area contributed by atoms with E-state index in [1.54, 1.807) is 4.90 Å². The number of aliphatic carboxylic acids is 1. The third-order valence-corrected chi connectivity index (χ3v) is 4.05. The smallest absolute Gasteiger partial charge is 0.318 e. The summed E-state index contributed by atoms with van der Waals surface area (Å²) in [6, 6.07) is -0.115. The lowest BCUT2D eigenvalue weighted by atomic mass is 9.93. The van der Waals surface area contributed by atoms with E-state index in [0.717, 1.165) is 25.7 Å². The number of rotatable bonds is 3. The Hall–Kier alpha value is -1.30. The highest BCUT2D eigenvalue weighted by Gasteiger charge is 2.39. The van der Waals surface area contributed by atoms with Crippen molar-refractivity contribution < 1.29 is 19.4 Å². The van der Waals surface area contributed by atoms with Gasteiger partial charge in [-0.15, -0.1) is 0 Å². The fourth-order valence-electron chi connectivity index (χ4n) is 3.01. The van der Waals surface area contributed by atoms with Crippen molar-refractivity contribution in [1.29, 1.82) is 0 Å². The van der Waals surface area contributed by atoms with Crippen LogP contribution in [0.1, 0.15) is 39.0 Å². The van der Waals surface area contributed by atoms with E-state index < -0.39 is 11.5 Å². The molecule has 6 nitrogen and oxygen atoms in total. The molecule has 2 rings (SSSR count). The molecule has 0 aromatic carbocycles. The van der Waals surface area contributed by atoms with Crippen LogP contribution in [0.5, 0.6) is 0 Å². The molecule has 0 aromatic heterocycles. The van der Waals surface area contributed by atoms with E-state index in [2.05, 4.69) is 5.32 Å². The van der Waals surface area contributed by atoms with E-state index in [9.17, 15) is 9.59 Å². The molecule has 1 aliphatic heterocycles. The Kier molecular flexibility index (Phi) is 4.29. The highest BCUT2D eigenvalue weighted by atomic mass is 16.5. The zero-order valence-electron chi connectivity index (χ0n) is 11.4. The van der Waals surface area contributed by atoms with Crippen LogP contribution in [0.3, 0.4) is 0 Å². The summed E-state index contributed by atoms with van der Waals surface area (Å²) in [7, 11) is 0. The molecular weight excluding hydrogens is 248 g/mol. The molecule has 1 heterocycles. The number of carboxylic acids is 1. The molecule has 2 aliphatic rings.